The standard InChI is InChI=1S/C37H59O4P/c1-16-17-18-19-37(14,15)30-26-20-24(33(2,3)4)22-28(35(8,9)10)31(26)40-42(38,39)41-32-27(30)21-25(34(5,6)7)23-29(32)36(11,12)13/h20-23,30H,16-19H2,1-15H3,(H,38,39). The number of unbranched alkanes of at least 4 members (excludes halogenated alkanes) is 2. The number of hydrogen-bond donors (Lipinski definition) is 1. The van der Waals surface area contributed by atoms with Crippen LogP contribution in [-0.4, -0.2) is 4.89 Å². The lowest BCUT2D eigenvalue weighted by Gasteiger charge is -2.42. The minimum Gasteiger partial charge on any atom is -0.395 e. The van der Waals surface area contributed by atoms with Gasteiger partial charge in [-0.25, -0.2) is 4.57 Å². The molecule has 0 fully saturated rings. The number of benzene rings is 2. The molecule has 0 bridgehead atoms. The predicted molar refractivity (Wildman–Crippen MR) is 179 cm³/mol. The van der Waals surface area contributed by atoms with Crippen LogP contribution in [0.4, 0.5) is 0 Å². The van der Waals surface area contributed by atoms with Crippen LogP contribution < -0.4 is 9.05 Å². The number of fused-ring (bicyclic) bond motifs is 2. The molecule has 2 aromatic carbocycles. The van der Waals surface area contributed by atoms with Crippen LogP contribution in [-0.2, 0) is 26.2 Å². The summed E-state index contributed by atoms with van der Waals surface area (Å²) in [6.45, 7) is 33.2. The van der Waals surface area contributed by atoms with Crippen molar-refractivity contribution in [2.45, 2.75) is 157 Å². The summed E-state index contributed by atoms with van der Waals surface area (Å²) in [6, 6.07) is 8.86. The maximum atomic E-state index is 13.9. The minimum absolute atomic E-state index is 0.119. The van der Waals surface area contributed by atoms with Crippen molar-refractivity contribution < 1.29 is 18.5 Å². The molecule has 5 heteroatoms. The lowest BCUT2D eigenvalue weighted by Crippen LogP contribution is -2.30. The highest BCUT2D eigenvalue weighted by Gasteiger charge is 2.45. The van der Waals surface area contributed by atoms with Crippen LogP contribution in [0.25, 0.3) is 0 Å². The molecule has 1 N–H and O–H groups in total. The van der Waals surface area contributed by atoms with E-state index >= 15 is 0 Å². The zero-order valence-electron chi connectivity index (χ0n) is 29.3. The Morgan fingerprint density at radius 1 is 0.643 bits per heavy atom. The van der Waals surface area contributed by atoms with E-state index in [1.54, 1.807) is 0 Å². The summed E-state index contributed by atoms with van der Waals surface area (Å²) in [7, 11) is -4.53. The maximum absolute atomic E-state index is 13.9. The Labute approximate surface area is 257 Å². The molecule has 1 heterocycles. The fourth-order valence-corrected chi connectivity index (χ4v) is 7.06. The monoisotopic (exact) mass is 598 g/mol. The molecule has 0 radical (unpaired) electrons. The second-order valence-corrected chi connectivity index (χ2v) is 18.7. The van der Waals surface area contributed by atoms with Gasteiger partial charge in [0.1, 0.15) is 11.5 Å². The van der Waals surface area contributed by atoms with Gasteiger partial charge in [0.2, 0.25) is 0 Å². The third-order valence-electron chi connectivity index (χ3n) is 8.82. The molecule has 3 rings (SSSR count). The van der Waals surface area contributed by atoms with Crippen LogP contribution in [0.15, 0.2) is 24.3 Å². The van der Waals surface area contributed by atoms with Crippen molar-refractivity contribution in [3.63, 3.8) is 0 Å². The molecule has 42 heavy (non-hydrogen) atoms. The average Bonchev–Trinajstić information content (AvgIpc) is 2.76. The molecule has 1 aliphatic heterocycles. The Morgan fingerprint density at radius 2 is 1.02 bits per heavy atom. The molecule has 1 aliphatic rings. The van der Waals surface area contributed by atoms with Crippen LogP contribution in [0.5, 0.6) is 11.5 Å². The first kappa shape index (κ1) is 34.7. The van der Waals surface area contributed by atoms with E-state index < -0.39 is 7.82 Å². The van der Waals surface area contributed by atoms with E-state index in [-0.39, 0.29) is 33.0 Å². The van der Waals surface area contributed by atoms with Crippen molar-refractivity contribution in [3.05, 3.63) is 57.6 Å². The fraction of sp³-hybridized carbons (Fsp3) is 0.676. The molecule has 0 atom stereocenters. The highest BCUT2D eigenvalue weighted by atomic mass is 31.2. The Morgan fingerprint density at radius 3 is 1.33 bits per heavy atom. The van der Waals surface area contributed by atoms with Crippen molar-refractivity contribution in [1.29, 1.82) is 0 Å². The summed E-state index contributed by atoms with van der Waals surface area (Å²) in [5, 5.41) is 0. The lowest BCUT2D eigenvalue weighted by molar-refractivity contribution is 0.247. The lowest BCUT2D eigenvalue weighted by atomic mass is 9.65. The fourth-order valence-electron chi connectivity index (χ4n) is 6.15. The first-order chi connectivity index (χ1) is 18.8. The molecule has 0 aliphatic carbocycles. The Kier molecular flexibility index (Phi) is 9.34. The van der Waals surface area contributed by atoms with Gasteiger partial charge < -0.3 is 9.05 Å². The third-order valence-corrected chi connectivity index (χ3v) is 9.65. The summed E-state index contributed by atoms with van der Waals surface area (Å²) in [6.07, 6.45) is 4.44. The van der Waals surface area contributed by atoms with Crippen LogP contribution >= 0.6 is 7.82 Å². The predicted octanol–water partition coefficient (Wildman–Crippen LogP) is 11.5. The van der Waals surface area contributed by atoms with Gasteiger partial charge in [0, 0.05) is 28.2 Å². The highest BCUT2D eigenvalue weighted by Crippen LogP contribution is 2.61. The third kappa shape index (κ3) is 7.47. The van der Waals surface area contributed by atoms with E-state index in [4.69, 9.17) is 9.05 Å². The van der Waals surface area contributed by atoms with E-state index in [0.29, 0.717) is 11.5 Å². The van der Waals surface area contributed by atoms with Gasteiger partial charge in [0.25, 0.3) is 0 Å². The Balaban J connectivity index is 2.65. The molecular formula is C37H59O4P. The molecule has 236 valence electrons. The topological polar surface area (TPSA) is 55.8 Å². The summed E-state index contributed by atoms with van der Waals surface area (Å²) in [5.74, 6) is 0.879. The normalized spacial score (nSPS) is 20.1. The van der Waals surface area contributed by atoms with E-state index in [1.807, 2.05) is 0 Å². The van der Waals surface area contributed by atoms with Crippen molar-refractivity contribution in [1.82, 2.24) is 0 Å². The summed E-state index contributed by atoms with van der Waals surface area (Å²) in [5.41, 5.74) is 5.14. The second-order valence-electron chi connectivity index (χ2n) is 17.4. The smallest absolute Gasteiger partial charge is 0.395 e. The van der Waals surface area contributed by atoms with E-state index in [1.165, 1.54) is 17.5 Å². The Hall–Kier alpha value is -1.77. The number of rotatable bonds is 5. The van der Waals surface area contributed by atoms with Gasteiger partial charge in [-0.1, -0.05) is 147 Å². The Bertz CT molecular complexity index is 1250. The van der Waals surface area contributed by atoms with Crippen LogP contribution in [0.3, 0.4) is 0 Å². The van der Waals surface area contributed by atoms with E-state index in [9.17, 15) is 9.46 Å². The molecule has 0 unspecified atom stereocenters. The molecule has 4 nitrogen and oxygen atoms in total. The van der Waals surface area contributed by atoms with Crippen LogP contribution in [0.1, 0.15) is 169 Å². The van der Waals surface area contributed by atoms with Crippen molar-refractivity contribution in [2.75, 3.05) is 0 Å². The average molecular weight is 599 g/mol. The number of phosphoric acid groups is 1. The molecule has 0 spiro atoms. The zero-order valence-corrected chi connectivity index (χ0v) is 30.2. The largest absolute Gasteiger partial charge is 0.584 e. The van der Waals surface area contributed by atoms with Crippen LogP contribution in [0.2, 0.25) is 0 Å². The molecule has 0 saturated heterocycles. The number of phosphoric ester groups is 1. The van der Waals surface area contributed by atoms with E-state index in [0.717, 1.165) is 41.5 Å². The minimum atomic E-state index is -4.53. The summed E-state index contributed by atoms with van der Waals surface area (Å²) < 4.78 is 26.4. The molecule has 2 aromatic rings. The van der Waals surface area contributed by atoms with Gasteiger partial charge in [-0.15, -0.1) is 0 Å². The highest BCUT2D eigenvalue weighted by molar-refractivity contribution is 7.48. The molecular weight excluding hydrogens is 539 g/mol. The molecule has 0 saturated carbocycles. The molecule has 0 aromatic heterocycles. The van der Waals surface area contributed by atoms with Gasteiger partial charge in [0.15, 0.2) is 0 Å². The van der Waals surface area contributed by atoms with Crippen molar-refractivity contribution in [2.24, 2.45) is 5.41 Å². The summed E-state index contributed by atoms with van der Waals surface area (Å²) in [4.78, 5) is 11.4. The van der Waals surface area contributed by atoms with Gasteiger partial charge in [-0.3, -0.25) is 4.89 Å². The molecule has 0 amide bonds. The van der Waals surface area contributed by atoms with Gasteiger partial charge in [-0.05, 0) is 44.6 Å². The van der Waals surface area contributed by atoms with Gasteiger partial charge >= 0.3 is 7.82 Å². The maximum Gasteiger partial charge on any atom is 0.584 e. The van der Waals surface area contributed by atoms with Crippen LogP contribution in [0, 0.1) is 5.41 Å². The van der Waals surface area contributed by atoms with Gasteiger partial charge in [0.05, 0.1) is 0 Å². The quantitative estimate of drug-likeness (QED) is 0.275. The second kappa shape index (κ2) is 11.3. The van der Waals surface area contributed by atoms with E-state index in [2.05, 4.69) is 128 Å². The first-order valence-corrected chi connectivity index (χ1v) is 17.4. The van der Waals surface area contributed by atoms with Gasteiger partial charge in [-0.2, -0.15) is 0 Å². The first-order valence-electron chi connectivity index (χ1n) is 15.9. The van der Waals surface area contributed by atoms with Crippen molar-refractivity contribution in [3.8, 4) is 11.5 Å². The zero-order chi connectivity index (χ0) is 32.3. The van der Waals surface area contributed by atoms with Crippen molar-refractivity contribution >= 4 is 7.82 Å². The number of hydrogen-bond acceptors (Lipinski definition) is 3. The SMILES string of the molecule is CCCCCC(C)(C)C1c2cc(C(C)(C)C)cc(C(C)(C)C)c2OP(=O)(O)Oc2c1cc(C(C)(C)C)cc2C(C)(C)C. The summed E-state index contributed by atoms with van der Waals surface area (Å²) >= 11 is 0.